The van der Waals surface area contributed by atoms with Gasteiger partial charge in [-0.1, -0.05) is 66.7 Å². The highest BCUT2D eigenvalue weighted by Gasteiger charge is 2.14. The third-order valence-corrected chi connectivity index (χ3v) is 5.48. The summed E-state index contributed by atoms with van der Waals surface area (Å²) in [6.45, 7) is 0. The number of fused-ring (bicyclic) bond motifs is 1. The predicted octanol–water partition coefficient (Wildman–Crippen LogP) is 4.86. The number of hydrogen-bond acceptors (Lipinski definition) is 2. The summed E-state index contributed by atoms with van der Waals surface area (Å²) in [7, 11) is 0. The smallest absolute Gasteiger partial charge is 0.224 e. The molecule has 4 rings (SSSR count). The topological polar surface area (TPSA) is 57.8 Å². The standard InChI is InChI=1S/C26H27N3O/c30-26(18-22-13-16-25-23(17-22)19-27-29-25)28-24(14-11-20-7-3-1-4-8-20)15-12-21-9-5-2-6-10-21/h1-10,13,16-17,19,24H,11-12,14-15,18H2,(H,27,29)(H,28,30). The Labute approximate surface area is 177 Å². The lowest BCUT2D eigenvalue weighted by molar-refractivity contribution is -0.121. The van der Waals surface area contributed by atoms with Crippen LogP contribution in [0.3, 0.4) is 0 Å². The van der Waals surface area contributed by atoms with E-state index < -0.39 is 0 Å². The van der Waals surface area contributed by atoms with Crippen molar-refractivity contribution >= 4 is 16.8 Å². The lowest BCUT2D eigenvalue weighted by atomic mass is 9.98. The second kappa shape index (κ2) is 9.88. The Hall–Kier alpha value is -3.40. The lowest BCUT2D eigenvalue weighted by Crippen LogP contribution is -2.36. The number of nitrogens with one attached hydrogen (secondary N) is 2. The first-order chi connectivity index (χ1) is 14.8. The minimum Gasteiger partial charge on any atom is -0.353 e. The van der Waals surface area contributed by atoms with Crippen molar-refractivity contribution in [2.45, 2.75) is 38.1 Å². The first-order valence-electron chi connectivity index (χ1n) is 10.6. The molecule has 4 nitrogen and oxygen atoms in total. The molecule has 2 N–H and O–H groups in total. The Morgan fingerprint density at radius 2 is 1.47 bits per heavy atom. The van der Waals surface area contributed by atoms with Crippen LogP contribution in [0.1, 0.15) is 29.5 Å². The molecular weight excluding hydrogens is 370 g/mol. The van der Waals surface area contributed by atoms with Crippen molar-refractivity contribution in [1.82, 2.24) is 15.5 Å². The van der Waals surface area contributed by atoms with Crippen LogP contribution in [0.25, 0.3) is 10.9 Å². The zero-order valence-corrected chi connectivity index (χ0v) is 17.1. The second-order valence-electron chi connectivity index (χ2n) is 7.78. The average Bonchev–Trinajstić information content (AvgIpc) is 3.25. The maximum Gasteiger partial charge on any atom is 0.224 e. The van der Waals surface area contributed by atoms with Gasteiger partial charge in [0.2, 0.25) is 5.91 Å². The van der Waals surface area contributed by atoms with E-state index >= 15 is 0 Å². The van der Waals surface area contributed by atoms with Gasteiger partial charge in [0, 0.05) is 11.4 Å². The van der Waals surface area contributed by atoms with Gasteiger partial charge >= 0.3 is 0 Å². The number of carbonyl (C=O) groups excluding carboxylic acids is 1. The first kappa shape index (κ1) is 19.9. The molecule has 152 valence electrons. The van der Waals surface area contributed by atoms with Gasteiger partial charge in [-0.05, 0) is 54.5 Å². The number of rotatable bonds is 9. The molecule has 0 aliphatic rings. The molecule has 0 fully saturated rings. The molecule has 1 heterocycles. The van der Waals surface area contributed by atoms with E-state index in [4.69, 9.17) is 0 Å². The van der Waals surface area contributed by atoms with Gasteiger partial charge in [0.25, 0.3) is 0 Å². The average molecular weight is 398 g/mol. The Morgan fingerprint density at radius 3 is 2.10 bits per heavy atom. The summed E-state index contributed by atoms with van der Waals surface area (Å²) in [5.74, 6) is 0.0731. The van der Waals surface area contributed by atoms with Gasteiger partial charge in [0.1, 0.15) is 0 Å². The van der Waals surface area contributed by atoms with E-state index in [1.807, 2.05) is 30.3 Å². The van der Waals surface area contributed by atoms with Crippen LogP contribution < -0.4 is 5.32 Å². The molecule has 0 bridgehead atoms. The highest BCUT2D eigenvalue weighted by atomic mass is 16.1. The van der Waals surface area contributed by atoms with Crippen LogP contribution in [-0.4, -0.2) is 22.1 Å². The summed E-state index contributed by atoms with van der Waals surface area (Å²) in [6.07, 6.45) is 5.96. The van der Waals surface area contributed by atoms with E-state index in [0.29, 0.717) is 6.42 Å². The number of aromatic nitrogens is 2. The molecular formula is C26H27N3O. The molecule has 0 saturated heterocycles. The minimum absolute atomic E-state index is 0.0731. The molecule has 0 radical (unpaired) electrons. The van der Waals surface area contributed by atoms with Crippen LogP contribution >= 0.6 is 0 Å². The Balaban J connectivity index is 1.38. The third-order valence-electron chi connectivity index (χ3n) is 5.48. The lowest BCUT2D eigenvalue weighted by Gasteiger charge is -2.19. The second-order valence-corrected chi connectivity index (χ2v) is 7.78. The van der Waals surface area contributed by atoms with Crippen molar-refractivity contribution in [2.24, 2.45) is 0 Å². The van der Waals surface area contributed by atoms with Gasteiger partial charge in [-0.15, -0.1) is 0 Å². The molecule has 3 aromatic carbocycles. The van der Waals surface area contributed by atoms with Crippen molar-refractivity contribution in [3.05, 3.63) is 102 Å². The number of aromatic amines is 1. The number of hydrogen-bond donors (Lipinski definition) is 2. The summed E-state index contributed by atoms with van der Waals surface area (Å²) in [5.41, 5.74) is 4.61. The molecule has 0 atom stereocenters. The molecule has 0 aliphatic carbocycles. The Kier molecular flexibility index (Phi) is 6.55. The van der Waals surface area contributed by atoms with Gasteiger partial charge in [0.05, 0.1) is 18.1 Å². The zero-order chi connectivity index (χ0) is 20.6. The first-order valence-corrected chi connectivity index (χ1v) is 10.6. The summed E-state index contributed by atoms with van der Waals surface area (Å²) < 4.78 is 0. The Bertz CT molecular complexity index is 1030. The van der Waals surface area contributed by atoms with E-state index in [1.54, 1.807) is 6.20 Å². The summed E-state index contributed by atoms with van der Waals surface area (Å²) in [6, 6.07) is 27.1. The van der Waals surface area contributed by atoms with Crippen molar-refractivity contribution in [2.75, 3.05) is 0 Å². The number of aryl methyl sites for hydroxylation is 2. The molecule has 0 unspecified atom stereocenters. The van der Waals surface area contributed by atoms with E-state index in [1.165, 1.54) is 11.1 Å². The molecule has 1 aromatic heterocycles. The highest BCUT2D eigenvalue weighted by molar-refractivity contribution is 5.83. The van der Waals surface area contributed by atoms with Gasteiger partial charge < -0.3 is 5.32 Å². The van der Waals surface area contributed by atoms with Crippen LogP contribution in [0.4, 0.5) is 0 Å². The minimum atomic E-state index is 0.0731. The fourth-order valence-electron chi connectivity index (χ4n) is 3.83. The van der Waals surface area contributed by atoms with Gasteiger partial charge in [-0.25, -0.2) is 0 Å². The van der Waals surface area contributed by atoms with Crippen LogP contribution in [0, 0.1) is 0 Å². The number of carbonyl (C=O) groups is 1. The zero-order valence-electron chi connectivity index (χ0n) is 17.1. The van der Waals surface area contributed by atoms with E-state index in [0.717, 1.165) is 42.1 Å². The quantitative estimate of drug-likeness (QED) is 0.424. The molecule has 0 spiro atoms. The number of benzene rings is 3. The number of H-pyrrole nitrogens is 1. The largest absolute Gasteiger partial charge is 0.353 e. The van der Waals surface area contributed by atoms with Crippen LogP contribution in [-0.2, 0) is 24.1 Å². The summed E-state index contributed by atoms with van der Waals surface area (Å²) >= 11 is 0. The van der Waals surface area contributed by atoms with Crippen LogP contribution in [0.15, 0.2) is 85.1 Å². The Morgan fingerprint density at radius 1 is 0.833 bits per heavy atom. The third kappa shape index (κ3) is 5.57. The van der Waals surface area contributed by atoms with Crippen molar-refractivity contribution < 1.29 is 4.79 Å². The molecule has 30 heavy (non-hydrogen) atoms. The maximum atomic E-state index is 12.8. The molecule has 4 aromatic rings. The number of nitrogens with zero attached hydrogens (tertiary/aromatic N) is 1. The van der Waals surface area contributed by atoms with E-state index in [2.05, 4.69) is 64.0 Å². The van der Waals surface area contributed by atoms with E-state index in [9.17, 15) is 4.79 Å². The monoisotopic (exact) mass is 397 g/mol. The molecule has 4 heteroatoms. The van der Waals surface area contributed by atoms with Gasteiger partial charge in [0.15, 0.2) is 0 Å². The fourth-order valence-corrected chi connectivity index (χ4v) is 3.83. The predicted molar refractivity (Wildman–Crippen MR) is 121 cm³/mol. The van der Waals surface area contributed by atoms with Crippen molar-refractivity contribution in [1.29, 1.82) is 0 Å². The van der Waals surface area contributed by atoms with Crippen molar-refractivity contribution in [3.63, 3.8) is 0 Å². The van der Waals surface area contributed by atoms with Gasteiger partial charge in [-0.2, -0.15) is 5.10 Å². The van der Waals surface area contributed by atoms with Gasteiger partial charge in [-0.3, -0.25) is 9.89 Å². The fraction of sp³-hybridized carbons (Fsp3) is 0.231. The highest BCUT2D eigenvalue weighted by Crippen LogP contribution is 2.15. The number of amides is 1. The van der Waals surface area contributed by atoms with Crippen LogP contribution in [0.2, 0.25) is 0 Å². The SMILES string of the molecule is O=C(Cc1ccc2[nH]ncc2c1)NC(CCc1ccccc1)CCc1ccccc1. The normalized spacial score (nSPS) is 11.1. The molecule has 1 amide bonds. The molecule has 0 saturated carbocycles. The summed E-state index contributed by atoms with van der Waals surface area (Å²) in [5, 5.41) is 11.3. The van der Waals surface area contributed by atoms with E-state index in [-0.39, 0.29) is 11.9 Å². The summed E-state index contributed by atoms with van der Waals surface area (Å²) in [4.78, 5) is 12.8. The van der Waals surface area contributed by atoms with Crippen molar-refractivity contribution in [3.8, 4) is 0 Å². The maximum absolute atomic E-state index is 12.8. The molecule has 0 aliphatic heterocycles. The van der Waals surface area contributed by atoms with Crippen LogP contribution in [0.5, 0.6) is 0 Å².